The van der Waals surface area contributed by atoms with E-state index in [1.807, 2.05) is 48.5 Å². The van der Waals surface area contributed by atoms with Crippen LogP contribution in [0.2, 0.25) is 0 Å². The largest absolute Gasteiger partial charge is 0.306 e. The molecule has 3 aliphatic rings. The topological polar surface area (TPSA) is 37.4 Å². The van der Waals surface area contributed by atoms with Crippen LogP contribution >= 0.6 is 0 Å². The lowest BCUT2D eigenvalue weighted by molar-refractivity contribution is 0.103. The summed E-state index contributed by atoms with van der Waals surface area (Å²) in [6.07, 6.45) is 4.88. The molecular weight excluding hydrogens is 346 g/mol. The molecule has 2 aliphatic carbocycles. The van der Waals surface area contributed by atoms with Crippen LogP contribution < -0.4 is 0 Å². The zero-order chi connectivity index (χ0) is 19.3. The van der Waals surface area contributed by atoms with Gasteiger partial charge in [0.05, 0.1) is 0 Å². The van der Waals surface area contributed by atoms with E-state index < -0.39 is 0 Å². The Hall–Kier alpha value is -2.78. The number of piperidine rings is 1. The molecule has 28 heavy (non-hydrogen) atoms. The average Bonchev–Trinajstić information content (AvgIpc) is 3.19. The first-order valence-corrected chi connectivity index (χ1v) is 10.0. The monoisotopic (exact) mass is 369 g/mol. The van der Waals surface area contributed by atoms with Gasteiger partial charge in [-0.15, -0.1) is 0 Å². The van der Waals surface area contributed by atoms with Crippen molar-refractivity contribution >= 4 is 17.1 Å². The van der Waals surface area contributed by atoms with E-state index in [4.69, 9.17) is 0 Å². The fourth-order valence-corrected chi connectivity index (χ4v) is 4.75. The van der Waals surface area contributed by atoms with E-state index in [9.17, 15) is 9.59 Å². The molecule has 0 atom stereocenters. The molecule has 3 heteroatoms. The van der Waals surface area contributed by atoms with Crippen LogP contribution in [-0.2, 0) is 6.42 Å². The van der Waals surface area contributed by atoms with Gasteiger partial charge < -0.3 is 4.90 Å². The van der Waals surface area contributed by atoms with Crippen LogP contribution in [0.4, 0.5) is 0 Å². The second-order valence-corrected chi connectivity index (χ2v) is 8.11. The maximum Gasteiger partial charge on any atom is 0.193 e. The Bertz CT molecular complexity index is 1050. The number of Topliss-reactive ketones (excluding diaryl/α,β-unsaturated/α-hetero) is 2. The Morgan fingerprint density at radius 1 is 0.857 bits per heavy atom. The minimum Gasteiger partial charge on any atom is -0.306 e. The summed E-state index contributed by atoms with van der Waals surface area (Å²) in [7, 11) is 2.14. The SMILES string of the molecule is CN1CCC(/C=C2\C(=O)c3ccccc3\C2=C2/Cc3ccccc3C2=O)CC1. The van der Waals surface area contributed by atoms with Crippen LogP contribution in [0.15, 0.2) is 65.8 Å². The van der Waals surface area contributed by atoms with Crippen molar-refractivity contribution in [2.24, 2.45) is 5.92 Å². The first kappa shape index (κ1) is 17.3. The number of ketones is 2. The lowest BCUT2D eigenvalue weighted by Gasteiger charge is -2.27. The van der Waals surface area contributed by atoms with Gasteiger partial charge in [-0.1, -0.05) is 54.6 Å². The molecule has 0 spiro atoms. The van der Waals surface area contributed by atoms with E-state index in [-0.39, 0.29) is 11.6 Å². The number of carbonyl (C=O) groups excluding carboxylic acids is 2. The number of benzene rings is 2. The van der Waals surface area contributed by atoms with Crippen LogP contribution in [0.1, 0.15) is 44.7 Å². The third kappa shape index (κ3) is 2.70. The molecule has 1 fully saturated rings. The van der Waals surface area contributed by atoms with E-state index in [0.717, 1.165) is 64.9 Å². The number of fused-ring (bicyclic) bond motifs is 2. The van der Waals surface area contributed by atoms with Crippen LogP contribution in [-0.4, -0.2) is 36.6 Å². The maximum absolute atomic E-state index is 13.3. The summed E-state index contributed by atoms with van der Waals surface area (Å²) in [5.41, 5.74) is 5.88. The van der Waals surface area contributed by atoms with Gasteiger partial charge in [-0.2, -0.15) is 0 Å². The van der Waals surface area contributed by atoms with Crippen LogP contribution in [0.25, 0.3) is 5.57 Å². The Labute approximate surface area is 165 Å². The summed E-state index contributed by atoms with van der Waals surface area (Å²) < 4.78 is 0. The Morgan fingerprint density at radius 2 is 1.50 bits per heavy atom. The van der Waals surface area contributed by atoms with Gasteiger partial charge in [0, 0.05) is 34.3 Å². The van der Waals surface area contributed by atoms with E-state index in [1.54, 1.807) is 0 Å². The van der Waals surface area contributed by atoms with Gasteiger partial charge in [0.15, 0.2) is 11.6 Å². The Morgan fingerprint density at radius 3 is 2.21 bits per heavy atom. The number of allylic oxidation sites excluding steroid dienone is 4. The molecule has 0 aromatic heterocycles. The normalized spacial score (nSPS) is 24.1. The van der Waals surface area contributed by atoms with E-state index in [1.165, 1.54) is 0 Å². The van der Waals surface area contributed by atoms with Gasteiger partial charge in [0.2, 0.25) is 0 Å². The fraction of sp³-hybridized carbons (Fsp3) is 0.280. The second kappa shape index (κ2) is 6.68. The average molecular weight is 369 g/mol. The van der Waals surface area contributed by atoms with Crippen molar-refractivity contribution in [1.82, 2.24) is 4.90 Å². The third-order valence-electron chi connectivity index (χ3n) is 6.33. The predicted octanol–water partition coefficient (Wildman–Crippen LogP) is 4.34. The summed E-state index contributed by atoms with van der Waals surface area (Å²) in [4.78, 5) is 28.8. The quantitative estimate of drug-likeness (QED) is 0.702. The summed E-state index contributed by atoms with van der Waals surface area (Å²) in [6, 6.07) is 15.5. The van der Waals surface area contributed by atoms with E-state index in [2.05, 4.69) is 18.0 Å². The third-order valence-corrected chi connectivity index (χ3v) is 6.33. The Balaban J connectivity index is 1.65. The highest BCUT2D eigenvalue weighted by atomic mass is 16.1. The van der Waals surface area contributed by atoms with Crippen LogP contribution in [0, 0.1) is 5.92 Å². The number of hydrogen-bond donors (Lipinski definition) is 0. The molecule has 0 radical (unpaired) electrons. The molecule has 140 valence electrons. The number of likely N-dealkylation sites (tertiary alicyclic amines) is 1. The summed E-state index contributed by atoms with van der Waals surface area (Å²) in [5, 5.41) is 0. The van der Waals surface area contributed by atoms with Crippen LogP contribution in [0.5, 0.6) is 0 Å². The van der Waals surface area contributed by atoms with Crippen LogP contribution in [0.3, 0.4) is 0 Å². The number of carbonyl (C=O) groups is 2. The van der Waals surface area contributed by atoms with E-state index >= 15 is 0 Å². The molecule has 0 unspecified atom stereocenters. The molecule has 0 saturated carbocycles. The predicted molar refractivity (Wildman–Crippen MR) is 110 cm³/mol. The van der Waals surface area contributed by atoms with Gasteiger partial charge in [0.25, 0.3) is 0 Å². The molecule has 5 rings (SSSR count). The Kier molecular flexibility index (Phi) is 4.13. The van der Waals surface area contributed by atoms with Gasteiger partial charge in [-0.05, 0) is 50.0 Å². The fourth-order valence-electron chi connectivity index (χ4n) is 4.75. The van der Waals surface area contributed by atoms with Crippen molar-refractivity contribution < 1.29 is 9.59 Å². The molecule has 1 aliphatic heterocycles. The smallest absolute Gasteiger partial charge is 0.193 e. The minimum atomic E-state index is 0.0702. The van der Waals surface area contributed by atoms with Crippen molar-refractivity contribution in [3.8, 4) is 0 Å². The second-order valence-electron chi connectivity index (χ2n) is 8.11. The van der Waals surface area contributed by atoms with Crippen molar-refractivity contribution in [1.29, 1.82) is 0 Å². The number of hydrogen-bond acceptors (Lipinski definition) is 3. The van der Waals surface area contributed by atoms with Gasteiger partial charge in [-0.3, -0.25) is 9.59 Å². The molecule has 0 amide bonds. The lowest BCUT2D eigenvalue weighted by Crippen LogP contribution is -2.29. The van der Waals surface area contributed by atoms with Gasteiger partial charge in [0.1, 0.15) is 0 Å². The molecule has 2 aromatic rings. The first-order chi connectivity index (χ1) is 13.6. The molecule has 2 aromatic carbocycles. The minimum absolute atomic E-state index is 0.0702. The van der Waals surface area contributed by atoms with Crippen molar-refractivity contribution in [3.63, 3.8) is 0 Å². The first-order valence-electron chi connectivity index (χ1n) is 10.0. The molecule has 0 N–H and O–H groups in total. The van der Waals surface area contributed by atoms with E-state index in [0.29, 0.717) is 12.3 Å². The van der Waals surface area contributed by atoms with Gasteiger partial charge in [-0.25, -0.2) is 0 Å². The molecular formula is C25H23NO2. The summed E-state index contributed by atoms with van der Waals surface area (Å²) in [6.45, 7) is 2.09. The zero-order valence-corrected chi connectivity index (χ0v) is 16.1. The highest BCUT2D eigenvalue weighted by Gasteiger charge is 2.37. The zero-order valence-electron chi connectivity index (χ0n) is 16.1. The standard InChI is InChI=1S/C25H23NO2/c1-26-12-10-16(11-13-26)14-21-23(19-8-4-5-9-20(19)25(21)28)22-15-17-6-2-3-7-18(17)24(22)27/h2-9,14,16H,10-13,15H2,1H3/b21-14-,23-22-. The highest BCUT2D eigenvalue weighted by Crippen LogP contribution is 2.43. The molecule has 3 nitrogen and oxygen atoms in total. The molecule has 1 heterocycles. The lowest BCUT2D eigenvalue weighted by atomic mass is 9.90. The summed E-state index contributed by atoms with van der Waals surface area (Å²) >= 11 is 0. The number of nitrogens with zero attached hydrogens (tertiary/aromatic N) is 1. The summed E-state index contributed by atoms with van der Waals surface area (Å²) in [5.74, 6) is 0.532. The molecule has 0 bridgehead atoms. The maximum atomic E-state index is 13.3. The van der Waals surface area contributed by atoms with Crippen molar-refractivity contribution in [3.05, 3.63) is 88.0 Å². The van der Waals surface area contributed by atoms with Crippen molar-refractivity contribution in [2.75, 3.05) is 20.1 Å². The van der Waals surface area contributed by atoms with Crippen molar-refractivity contribution in [2.45, 2.75) is 19.3 Å². The van der Waals surface area contributed by atoms with Gasteiger partial charge >= 0.3 is 0 Å². The highest BCUT2D eigenvalue weighted by molar-refractivity contribution is 6.31. The number of rotatable bonds is 1. The molecule has 1 saturated heterocycles.